The zero-order chi connectivity index (χ0) is 23.2. The number of hydrogen-bond donors (Lipinski definition) is 1. The lowest BCUT2D eigenvalue weighted by molar-refractivity contribution is -0.126. The fraction of sp³-hybridized carbons (Fsp3) is 0.375. The zero-order valence-corrected chi connectivity index (χ0v) is 18.7. The van der Waals surface area contributed by atoms with Crippen molar-refractivity contribution in [3.8, 4) is 22.9 Å². The molecule has 0 radical (unpaired) electrons. The van der Waals surface area contributed by atoms with Gasteiger partial charge in [-0.25, -0.2) is 4.39 Å². The Morgan fingerprint density at radius 3 is 2.55 bits per heavy atom. The largest absolute Gasteiger partial charge is 0.493 e. The molecular formula is C24H27FN4O4. The molecular weight excluding hydrogens is 427 g/mol. The summed E-state index contributed by atoms with van der Waals surface area (Å²) in [7, 11) is 3.16. The number of amides is 1. The van der Waals surface area contributed by atoms with Crippen molar-refractivity contribution in [2.75, 3.05) is 27.3 Å². The standard InChI is InChI=1S/C24H27FN4O4/c1-31-20-8-5-18(13-21(20)32-2)23-27-22(33-28-23)15-29-11-9-17(10-12-29)24(30)26-14-16-3-6-19(25)7-4-16/h3-8,13,17H,9-12,14-15H2,1-2H3,(H,26,30). The third kappa shape index (κ3) is 5.67. The van der Waals surface area contributed by atoms with Crippen molar-refractivity contribution in [1.29, 1.82) is 0 Å². The first-order chi connectivity index (χ1) is 16.1. The molecule has 1 N–H and O–H groups in total. The summed E-state index contributed by atoms with van der Waals surface area (Å²) in [6, 6.07) is 11.6. The van der Waals surface area contributed by atoms with Crippen LogP contribution in [0.4, 0.5) is 4.39 Å². The summed E-state index contributed by atoms with van der Waals surface area (Å²) in [5.41, 5.74) is 1.66. The monoisotopic (exact) mass is 454 g/mol. The van der Waals surface area contributed by atoms with Gasteiger partial charge in [-0.05, 0) is 61.8 Å². The third-order valence-electron chi connectivity index (χ3n) is 5.81. The Kier molecular flexibility index (Phi) is 7.19. The van der Waals surface area contributed by atoms with E-state index in [4.69, 9.17) is 14.0 Å². The summed E-state index contributed by atoms with van der Waals surface area (Å²) < 4.78 is 29.0. The minimum Gasteiger partial charge on any atom is -0.493 e. The summed E-state index contributed by atoms with van der Waals surface area (Å²) in [5.74, 6) is 1.96. The lowest BCUT2D eigenvalue weighted by atomic mass is 9.96. The molecule has 0 aliphatic carbocycles. The number of ether oxygens (including phenoxy) is 2. The first kappa shape index (κ1) is 22.7. The molecule has 1 aromatic heterocycles. The molecule has 2 aromatic carbocycles. The van der Waals surface area contributed by atoms with Crippen molar-refractivity contribution < 1.29 is 23.2 Å². The predicted octanol–water partition coefficient (Wildman–Crippen LogP) is 3.42. The number of nitrogens with one attached hydrogen (secondary N) is 1. The van der Waals surface area contributed by atoms with Crippen LogP contribution in [0.25, 0.3) is 11.4 Å². The summed E-state index contributed by atoms with van der Waals surface area (Å²) in [5, 5.41) is 7.04. The second-order valence-electron chi connectivity index (χ2n) is 7.98. The second-order valence-corrected chi connectivity index (χ2v) is 7.98. The van der Waals surface area contributed by atoms with Crippen LogP contribution in [0.2, 0.25) is 0 Å². The molecule has 0 saturated carbocycles. The van der Waals surface area contributed by atoms with Crippen LogP contribution < -0.4 is 14.8 Å². The smallest absolute Gasteiger partial charge is 0.241 e. The van der Waals surface area contributed by atoms with Gasteiger partial charge in [0.15, 0.2) is 11.5 Å². The van der Waals surface area contributed by atoms with Gasteiger partial charge in [0.1, 0.15) is 5.82 Å². The number of carbonyl (C=O) groups excluding carboxylic acids is 1. The molecule has 0 atom stereocenters. The summed E-state index contributed by atoms with van der Waals surface area (Å²) in [6.45, 7) is 2.47. The molecule has 9 heteroatoms. The van der Waals surface area contributed by atoms with E-state index in [1.54, 1.807) is 32.4 Å². The molecule has 1 aliphatic heterocycles. The number of aromatic nitrogens is 2. The maximum atomic E-state index is 13.0. The fourth-order valence-corrected chi connectivity index (χ4v) is 3.89. The van der Waals surface area contributed by atoms with Crippen molar-refractivity contribution in [1.82, 2.24) is 20.4 Å². The summed E-state index contributed by atoms with van der Waals surface area (Å²) >= 11 is 0. The Bertz CT molecular complexity index is 1080. The van der Waals surface area contributed by atoms with Gasteiger partial charge in [0.05, 0.1) is 20.8 Å². The van der Waals surface area contributed by atoms with Crippen molar-refractivity contribution in [2.45, 2.75) is 25.9 Å². The van der Waals surface area contributed by atoms with Crippen molar-refractivity contribution >= 4 is 5.91 Å². The van der Waals surface area contributed by atoms with E-state index in [0.29, 0.717) is 36.3 Å². The van der Waals surface area contributed by atoms with Crippen molar-refractivity contribution in [2.24, 2.45) is 5.92 Å². The highest BCUT2D eigenvalue weighted by molar-refractivity contribution is 5.78. The first-order valence-corrected chi connectivity index (χ1v) is 10.8. The van der Waals surface area contributed by atoms with E-state index in [1.165, 1.54) is 12.1 Å². The average molecular weight is 455 g/mol. The van der Waals surface area contributed by atoms with Gasteiger partial charge in [0.25, 0.3) is 0 Å². The highest BCUT2D eigenvalue weighted by atomic mass is 19.1. The maximum Gasteiger partial charge on any atom is 0.241 e. The minimum atomic E-state index is -0.283. The van der Waals surface area contributed by atoms with Crippen molar-refractivity contribution in [3.63, 3.8) is 0 Å². The molecule has 2 heterocycles. The van der Waals surface area contributed by atoms with Gasteiger partial charge < -0.3 is 19.3 Å². The number of nitrogens with zero attached hydrogens (tertiary/aromatic N) is 3. The molecule has 4 rings (SSSR count). The summed E-state index contributed by atoms with van der Waals surface area (Å²) in [4.78, 5) is 19.2. The van der Waals surface area contributed by atoms with E-state index in [-0.39, 0.29) is 17.6 Å². The number of methoxy groups -OCH3 is 2. The lowest BCUT2D eigenvalue weighted by Crippen LogP contribution is -2.40. The lowest BCUT2D eigenvalue weighted by Gasteiger charge is -2.30. The number of likely N-dealkylation sites (tertiary alicyclic amines) is 1. The van der Waals surface area contributed by atoms with E-state index >= 15 is 0 Å². The van der Waals surface area contributed by atoms with Crippen LogP contribution in [0, 0.1) is 11.7 Å². The van der Waals surface area contributed by atoms with Gasteiger partial charge in [0.2, 0.25) is 17.6 Å². The van der Waals surface area contributed by atoms with Gasteiger partial charge in [-0.1, -0.05) is 17.3 Å². The van der Waals surface area contributed by atoms with E-state index in [0.717, 1.165) is 37.1 Å². The van der Waals surface area contributed by atoms with Gasteiger partial charge in [-0.2, -0.15) is 4.98 Å². The van der Waals surface area contributed by atoms with E-state index in [9.17, 15) is 9.18 Å². The number of piperidine rings is 1. The third-order valence-corrected chi connectivity index (χ3v) is 5.81. The van der Waals surface area contributed by atoms with Gasteiger partial charge >= 0.3 is 0 Å². The molecule has 0 unspecified atom stereocenters. The Labute approximate surface area is 191 Å². The first-order valence-electron chi connectivity index (χ1n) is 10.8. The quantitative estimate of drug-likeness (QED) is 0.558. The summed E-state index contributed by atoms with van der Waals surface area (Å²) in [6.07, 6.45) is 1.51. The SMILES string of the molecule is COc1ccc(-c2noc(CN3CCC(C(=O)NCc4ccc(F)cc4)CC3)n2)cc1OC. The van der Waals surface area contributed by atoms with Crippen molar-refractivity contribution in [3.05, 3.63) is 59.7 Å². The average Bonchev–Trinajstić information content (AvgIpc) is 3.32. The molecule has 174 valence electrons. The fourth-order valence-electron chi connectivity index (χ4n) is 3.89. The predicted molar refractivity (Wildman–Crippen MR) is 119 cm³/mol. The van der Waals surface area contributed by atoms with Crippen LogP contribution in [-0.4, -0.2) is 48.3 Å². The Morgan fingerprint density at radius 2 is 1.85 bits per heavy atom. The molecule has 0 bridgehead atoms. The zero-order valence-electron chi connectivity index (χ0n) is 18.7. The Hall–Kier alpha value is -3.46. The highest BCUT2D eigenvalue weighted by Gasteiger charge is 2.26. The molecule has 1 fully saturated rings. The van der Waals surface area contributed by atoms with E-state index in [1.807, 2.05) is 12.1 Å². The minimum absolute atomic E-state index is 0.0347. The number of rotatable bonds is 8. The molecule has 1 aliphatic rings. The maximum absolute atomic E-state index is 13.0. The van der Waals surface area contributed by atoms with Gasteiger partial charge in [-0.15, -0.1) is 0 Å². The topological polar surface area (TPSA) is 89.7 Å². The molecule has 1 amide bonds. The Morgan fingerprint density at radius 1 is 1.12 bits per heavy atom. The second kappa shape index (κ2) is 10.4. The molecule has 1 saturated heterocycles. The number of halogens is 1. The van der Waals surface area contributed by atoms with Crippen LogP contribution in [-0.2, 0) is 17.9 Å². The molecule has 33 heavy (non-hydrogen) atoms. The van der Waals surface area contributed by atoms with Crippen LogP contribution in [0.5, 0.6) is 11.5 Å². The van der Waals surface area contributed by atoms with Crippen LogP contribution in [0.3, 0.4) is 0 Å². The number of carbonyl (C=O) groups is 1. The molecule has 0 spiro atoms. The van der Waals surface area contributed by atoms with Crippen LogP contribution >= 0.6 is 0 Å². The highest BCUT2D eigenvalue weighted by Crippen LogP contribution is 2.31. The van der Waals surface area contributed by atoms with Gasteiger partial charge in [0, 0.05) is 18.0 Å². The van der Waals surface area contributed by atoms with E-state index in [2.05, 4.69) is 20.4 Å². The normalized spacial score (nSPS) is 14.8. The van der Waals surface area contributed by atoms with Gasteiger partial charge in [-0.3, -0.25) is 9.69 Å². The molecule has 8 nitrogen and oxygen atoms in total. The van der Waals surface area contributed by atoms with Crippen LogP contribution in [0.15, 0.2) is 47.0 Å². The molecule has 3 aromatic rings. The van der Waals surface area contributed by atoms with E-state index < -0.39 is 0 Å². The number of benzene rings is 2. The Balaban J connectivity index is 1.27. The number of hydrogen-bond acceptors (Lipinski definition) is 7. The van der Waals surface area contributed by atoms with Crippen LogP contribution in [0.1, 0.15) is 24.3 Å².